The minimum Gasteiger partial charge on any atom is -0.467 e. The van der Waals surface area contributed by atoms with Crippen molar-refractivity contribution in [2.24, 2.45) is 0 Å². The molecule has 0 fully saturated rings. The van der Waals surface area contributed by atoms with E-state index in [4.69, 9.17) is 4.42 Å². The van der Waals surface area contributed by atoms with Crippen LogP contribution in [-0.4, -0.2) is 15.9 Å². The fraction of sp³-hybridized carbons (Fsp3) is 0.167. The number of H-pyrrole nitrogens is 1. The van der Waals surface area contributed by atoms with E-state index in [1.54, 1.807) is 18.4 Å². The SMILES string of the molecule is O=C(Cc1cc(=O)[nH]c(SCc2ccccc2)n1)NCc1ccco1. The molecule has 1 aromatic carbocycles. The monoisotopic (exact) mass is 355 g/mol. The van der Waals surface area contributed by atoms with Crippen LogP contribution in [0.25, 0.3) is 0 Å². The molecule has 0 radical (unpaired) electrons. The molecule has 1 amide bonds. The van der Waals surface area contributed by atoms with Gasteiger partial charge in [-0.25, -0.2) is 4.98 Å². The lowest BCUT2D eigenvalue weighted by Gasteiger charge is -2.05. The number of amides is 1. The van der Waals surface area contributed by atoms with Crippen molar-refractivity contribution in [2.75, 3.05) is 0 Å². The highest BCUT2D eigenvalue weighted by Gasteiger charge is 2.08. The molecule has 6 nitrogen and oxygen atoms in total. The Bertz CT molecular complexity index is 876. The standard InChI is InChI=1S/C18H17N3O3S/c22-16(19-11-15-7-4-8-24-15)9-14-10-17(23)21-18(20-14)25-12-13-5-2-1-3-6-13/h1-8,10H,9,11-12H2,(H,19,22)(H,20,21,23). The van der Waals surface area contributed by atoms with Crippen LogP contribution in [0.3, 0.4) is 0 Å². The first-order valence-corrected chi connectivity index (χ1v) is 8.73. The summed E-state index contributed by atoms with van der Waals surface area (Å²) in [6.45, 7) is 0.310. The van der Waals surface area contributed by atoms with Gasteiger partial charge in [-0.3, -0.25) is 9.59 Å². The van der Waals surface area contributed by atoms with E-state index < -0.39 is 0 Å². The molecule has 0 aliphatic carbocycles. The van der Waals surface area contributed by atoms with Crippen molar-refractivity contribution in [1.29, 1.82) is 0 Å². The summed E-state index contributed by atoms with van der Waals surface area (Å²) in [7, 11) is 0. The minimum atomic E-state index is -0.264. The predicted octanol–water partition coefficient (Wildman–Crippen LogP) is 2.51. The lowest BCUT2D eigenvalue weighted by atomic mass is 10.2. The highest BCUT2D eigenvalue weighted by Crippen LogP contribution is 2.18. The van der Waals surface area contributed by atoms with E-state index in [-0.39, 0.29) is 17.9 Å². The summed E-state index contributed by atoms with van der Waals surface area (Å²) in [5.41, 5.74) is 1.31. The van der Waals surface area contributed by atoms with Gasteiger partial charge in [0.2, 0.25) is 5.91 Å². The van der Waals surface area contributed by atoms with Crippen molar-refractivity contribution in [3.8, 4) is 0 Å². The van der Waals surface area contributed by atoms with Gasteiger partial charge in [-0.2, -0.15) is 0 Å². The third-order valence-corrected chi connectivity index (χ3v) is 4.32. The predicted molar refractivity (Wildman–Crippen MR) is 95.1 cm³/mol. The normalized spacial score (nSPS) is 10.6. The summed E-state index contributed by atoms with van der Waals surface area (Å²) in [6.07, 6.45) is 1.60. The molecule has 3 rings (SSSR count). The van der Waals surface area contributed by atoms with E-state index in [1.807, 2.05) is 30.3 Å². The van der Waals surface area contributed by atoms with E-state index in [9.17, 15) is 9.59 Å². The number of furan rings is 1. The van der Waals surface area contributed by atoms with Crippen LogP contribution < -0.4 is 10.9 Å². The van der Waals surface area contributed by atoms with Gasteiger partial charge in [-0.15, -0.1) is 0 Å². The molecule has 0 aliphatic rings. The van der Waals surface area contributed by atoms with E-state index in [1.165, 1.54) is 17.8 Å². The molecule has 7 heteroatoms. The van der Waals surface area contributed by atoms with Crippen molar-refractivity contribution in [3.05, 3.63) is 82.2 Å². The summed E-state index contributed by atoms with van der Waals surface area (Å²) in [4.78, 5) is 30.8. The second kappa shape index (κ2) is 8.34. The van der Waals surface area contributed by atoms with E-state index in [0.29, 0.717) is 28.9 Å². The number of rotatable bonds is 7. The fourth-order valence-electron chi connectivity index (χ4n) is 2.19. The Labute approximate surface area is 148 Å². The second-order valence-electron chi connectivity index (χ2n) is 5.35. The number of benzene rings is 1. The molecule has 0 unspecified atom stereocenters. The van der Waals surface area contributed by atoms with Crippen LogP contribution in [0.2, 0.25) is 0 Å². The van der Waals surface area contributed by atoms with Crippen molar-refractivity contribution >= 4 is 17.7 Å². The Morgan fingerprint density at radius 2 is 2.04 bits per heavy atom. The number of hydrogen-bond donors (Lipinski definition) is 2. The molecule has 25 heavy (non-hydrogen) atoms. The average Bonchev–Trinajstić information content (AvgIpc) is 3.12. The molecule has 128 valence electrons. The molecule has 2 aromatic heterocycles. The molecular formula is C18H17N3O3S. The Morgan fingerprint density at radius 1 is 1.20 bits per heavy atom. The molecule has 0 atom stereocenters. The van der Waals surface area contributed by atoms with Gasteiger partial charge < -0.3 is 14.7 Å². The van der Waals surface area contributed by atoms with Crippen molar-refractivity contribution in [2.45, 2.75) is 23.9 Å². The summed E-state index contributed by atoms with van der Waals surface area (Å²) < 4.78 is 5.16. The highest BCUT2D eigenvalue weighted by atomic mass is 32.2. The maximum atomic E-state index is 12.0. The summed E-state index contributed by atoms with van der Waals surface area (Å²) >= 11 is 1.43. The number of aromatic amines is 1. The maximum Gasteiger partial charge on any atom is 0.251 e. The fourth-order valence-corrected chi connectivity index (χ4v) is 3.04. The zero-order chi connectivity index (χ0) is 17.5. The van der Waals surface area contributed by atoms with Crippen LogP contribution in [0.4, 0.5) is 0 Å². The molecule has 0 aliphatic heterocycles. The molecule has 0 saturated heterocycles. The molecular weight excluding hydrogens is 338 g/mol. The van der Waals surface area contributed by atoms with Gasteiger partial charge in [0.15, 0.2) is 5.16 Å². The Kier molecular flexibility index (Phi) is 5.69. The molecule has 2 heterocycles. The van der Waals surface area contributed by atoms with Gasteiger partial charge in [-0.1, -0.05) is 42.1 Å². The third kappa shape index (κ3) is 5.36. The summed E-state index contributed by atoms with van der Waals surface area (Å²) in [6, 6.07) is 14.8. The second-order valence-corrected chi connectivity index (χ2v) is 6.31. The van der Waals surface area contributed by atoms with Crippen LogP contribution in [0, 0.1) is 0 Å². The number of thioether (sulfide) groups is 1. The lowest BCUT2D eigenvalue weighted by Crippen LogP contribution is -2.25. The lowest BCUT2D eigenvalue weighted by molar-refractivity contribution is -0.120. The summed E-state index contributed by atoms with van der Waals surface area (Å²) in [5, 5.41) is 3.24. The van der Waals surface area contributed by atoms with Gasteiger partial charge in [-0.05, 0) is 17.7 Å². The molecule has 0 saturated carbocycles. The number of carbonyl (C=O) groups excluding carboxylic acids is 1. The molecule has 3 aromatic rings. The van der Waals surface area contributed by atoms with Crippen LogP contribution in [0.5, 0.6) is 0 Å². The van der Waals surface area contributed by atoms with Crippen LogP contribution >= 0.6 is 11.8 Å². The van der Waals surface area contributed by atoms with Gasteiger partial charge in [0, 0.05) is 11.8 Å². The third-order valence-electron chi connectivity index (χ3n) is 3.37. The van der Waals surface area contributed by atoms with Gasteiger partial charge >= 0.3 is 0 Å². The largest absolute Gasteiger partial charge is 0.467 e. The van der Waals surface area contributed by atoms with Crippen molar-refractivity contribution < 1.29 is 9.21 Å². The Balaban J connectivity index is 1.58. The smallest absolute Gasteiger partial charge is 0.251 e. The number of nitrogens with one attached hydrogen (secondary N) is 2. The van der Waals surface area contributed by atoms with Gasteiger partial charge in [0.1, 0.15) is 5.76 Å². The number of hydrogen-bond acceptors (Lipinski definition) is 5. The first-order chi connectivity index (χ1) is 12.2. The first-order valence-electron chi connectivity index (χ1n) is 7.75. The number of nitrogens with zero attached hydrogens (tertiary/aromatic N) is 1. The Hall–Kier alpha value is -2.80. The molecule has 2 N–H and O–H groups in total. The zero-order valence-electron chi connectivity index (χ0n) is 13.4. The number of carbonyl (C=O) groups is 1. The minimum absolute atomic E-state index is 0.0452. The van der Waals surface area contributed by atoms with Crippen LogP contribution in [0.15, 0.2) is 69.2 Å². The summed E-state index contributed by atoms with van der Waals surface area (Å²) in [5.74, 6) is 1.15. The highest BCUT2D eigenvalue weighted by molar-refractivity contribution is 7.98. The molecule has 0 bridgehead atoms. The van der Waals surface area contributed by atoms with Crippen LogP contribution in [-0.2, 0) is 23.5 Å². The topological polar surface area (TPSA) is 88.0 Å². The number of aromatic nitrogens is 2. The Morgan fingerprint density at radius 3 is 2.80 bits per heavy atom. The quantitative estimate of drug-likeness (QED) is 0.502. The zero-order valence-corrected chi connectivity index (χ0v) is 14.2. The van der Waals surface area contributed by atoms with Crippen molar-refractivity contribution in [1.82, 2.24) is 15.3 Å². The maximum absolute atomic E-state index is 12.0. The average molecular weight is 355 g/mol. The van der Waals surface area contributed by atoms with Crippen LogP contribution in [0.1, 0.15) is 17.0 Å². The van der Waals surface area contributed by atoms with Gasteiger partial charge in [0.05, 0.1) is 24.9 Å². The van der Waals surface area contributed by atoms with E-state index in [2.05, 4.69) is 15.3 Å². The van der Waals surface area contributed by atoms with E-state index >= 15 is 0 Å². The first kappa shape index (κ1) is 17.0. The molecule has 0 spiro atoms. The van der Waals surface area contributed by atoms with Crippen molar-refractivity contribution in [3.63, 3.8) is 0 Å². The van der Waals surface area contributed by atoms with Gasteiger partial charge in [0.25, 0.3) is 5.56 Å². The van der Waals surface area contributed by atoms with E-state index in [0.717, 1.165) is 5.56 Å².